The minimum Gasteiger partial charge on any atom is -0.480 e. The van der Waals surface area contributed by atoms with Gasteiger partial charge < -0.3 is 15.2 Å². The number of benzene rings is 1. The van der Waals surface area contributed by atoms with E-state index in [2.05, 4.69) is 5.32 Å². The summed E-state index contributed by atoms with van der Waals surface area (Å²) in [5.41, 5.74) is -1.76. The average molecular weight is 366 g/mol. The Labute approximate surface area is 140 Å². The van der Waals surface area contributed by atoms with Crippen molar-refractivity contribution in [2.45, 2.75) is 24.4 Å². The molecule has 1 aliphatic carbocycles. The first-order valence-corrected chi connectivity index (χ1v) is 7.50. The van der Waals surface area contributed by atoms with E-state index in [0.29, 0.717) is 12.8 Å². The summed E-state index contributed by atoms with van der Waals surface area (Å²) in [5, 5.41) is 11.1. The Hall–Kier alpha value is -1.80. The molecule has 0 spiro atoms. The van der Waals surface area contributed by atoms with Gasteiger partial charge in [0.05, 0.1) is 17.6 Å². The molecule has 1 fully saturated rings. The first-order chi connectivity index (χ1) is 11.2. The van der Waals surface area contributed by atoms with E-state index in [4.69, 9.17) is 21.4 Å². The Morgan fingerprint density at radius 3 is 2.54 bits per heavy atom. The Morgan fingerprint density at radius 1 is 1.33 bits per heavy atom. The third kappa shape index (κ3) is 4.18. The van der Waals surface area contributed by atoms with Crippen LogP contribution in [0.2, 0.25) is 5.02 Å². The lowest BCUT2D eigenvalue weighted by Gasteiger charge is -2.19. The van der Waals surface area contributed by atoms with Crippen LogP contribution in [0.15, 0.2) is 18.2 Å². The SMILES string of the molecule is O=C(O)COCCNC(=O)C1(c2cc(C(F)(F)F)ccc2Cl)CC1. The van der Waals surface area contributed by atoms with Crippen molar-refractivity contribution in [2.75, 3.05) is 19.8 Å². The molecule has 9 heteroatoms. The number of aliphatic carboxylic acids is 1. The lowest BCUT2D eigenvalue weighted by atomic mass is 9.93. The van der Waals surface area contributed by atoms with E-state index in [9.17, 15) is 22.8 Å². The van der Waals surface area contributed by atoms with E-state index in [1.807, 2.05) is 0 Å². The van der Waals surface area contributed by atoms with Crippen LogP contribution >= 0.6 is 11.6 Å². The van der Waals surface area contributed by atoms with Gasteiger partial charge in [-0.3, -0.25) is 4.79 Å². The molecular formula is C15H15ClF3NO4. The summed E-state index contributed by atoms with van der Waals surface area (Å²) in [6.07, 6.45) is -3.72. The number of carbonyl (C=O) groups excluding carboxylic acids is 1. The molecule has 1 aromatic rings. The third-order valence-corrected chi connectivity index (χ3v) is 4.08. The highest BCUT2D eigenvalue weighted by Crippen LogP contribution is 2.51. The summed E-state index contributed by atoms with van der Waals surface area (Å²) >= 11 is 6.00. The molecule has 2 N–H and O–H groups in total. The lowest BCUT2D eigenvalue weighted by Crippen LogP contribution is -2.37. The lowest BCUT2D eigenvalue weighted by molar-refractivity contribution is -0.142. The molecule has 0 radical (unpaired) electrons. The van der Waals surface area contributed by atoms with Crippen LogP contribution in [0.4, 0.5) is 13.2 Å². The molecule has 2 rings (SSSR count). The molecule has 0 aliphatic heterocycles. The second kappa shape index (κ2) is 6.98. The summed E-state index contributed by atoms with van der Waals surface area (Å²) in [6, 6.07) is 2.93. The molecule has 132 valence electrons. The standard InChI is InChI=1S/C15H15ClF3NO4/c16-11-2-1-9(15(17,18)19)7-10(11)14(3-4-14)13(23)20-5-6-24-8-12(21)22/h1-2,7H,3-6,8H2,(H,20,23)(H,21,22). The topological polar surface area (TPSA) is 75.6 Å². The van der Waals surface area contributed by atoms with Crippen LogP contribution in [0.3, 0.4) is 0 Å². The van der Waals surface area contributed by atoms with Crippen molar-refractivity contribution < 1.29 is 32.6 Å². The minimum absolute atomic E-state index is 0.00948. The molecule has 0 saturated heterocycles. The zero-order chi connectivity index (χ0) is 18.0. The van der Waals surface area contributed by atoms with Crippen molar-refractivity contribution in [1.29, 1.82) is 0 Å². The summed E-state index contributed by atoms with van der Waals surface area (Å²) in [5.74, 6) is -1.57. The minimum atomic E-state index is -4.52. The maximum absolute atomic E-state index is 12.9. The molecule has 0 atom stereocenters. The monoisotopic (exact) mass is 365 g/mol. The van der Waals surface area contributed by atoms with Gasteiger partial charge in [0.25, 0.3) is 0 Å². The number of hydrogen-bond donors (Lipinski definition) is 2. The zero-order valence-corrected chi connectivity index (χ0v) is 13.2. The van der Waals surface area contributed by atoms with Crippen LogP contribution in [-0.2, 0) is 25.9 Å². The van der Waals surface area contributed by atoms with Gasteiger partial charge in [-0.05, 0) is 36.6 Å². The largest absolute Gasteiger partial charge is 0.480 e. The van der Waals surface area contributed by atoms with Gasteiger partial charge in [-0.15, -0.1) is 0 Å². The van der Waals surface area contributed by atoms with Gasteiger partial charge >= 0.3 is 12.1 Å². The number of nitrogens with one attached hydrogen (secondary N) is 1. The van der Waals surface area contributed by atoms with Crippen molar-refractivity contribution in [3.63, 3.8) is 0 Å². The Bertz CT molecular complexity index is 644. The molecule has 5 nitrogen and oxygen atoms in total. The number of carbonyl (C=O) groups is 2. The van der Waals surface area contributed by atoms with Crippen molar-refractivity contribution >= 4 is 23.5 Å². The summed E-state index contributed by atoms with van der Waals surface area (Å²) in [7, 11) is 0. The van der Waals surface area contributed by atoms with Crippen molar-refractivity contribution in [2.24, 2.45) is 0 Å². The van der Waals surface area contributed by atoms with Gasteiger partial charge in [0.15, 0.2) is 0 Å². The zero-order valence-electron chi connectivity index (χ0n) is 12.5. The van der Waals surface area contributed by atoms with Crippen LogP contribution in [0, 0.1) is 0 Å². The van der Waals surface area contributed by atoms with Crippen LogP contribution in [0.25, 0.3) is 0 Å². The fraction of sp³-hybridized carbons (Fsp3) is 0.467. The quantitative estimate of drug-likeness (QED) is 0.728. The average Bonchev–Trinajstić information content (AvgIpc) is 3.27. The highest BCUT2D eigenvalue weighted by molar-refractivity contribution is 6.32. The van der Waals surface area contributed by atoms with E-state index in [-0.39, 0.29) is 23.7 Å². The Balaban J connectivity index is 2.05. The number of rotatable bonds is 7. The van der Waals surface area contributed by atoms with E-state index in [0.717, 1.165) is 18.2 Å². The van der Waals surface area contributed by atoms with Crippen LogP contribution in [0.5, 0.6) is 0 Å². The first kappa shape index (κ1) is 18.5. The molecule has 0 bridgehead atoms. The van der Waals surface area contributed by atoms with Crippen molar-refractivity contribution in [3.8, 4) is 0 Å². The van der Waals surface area contributed by atoms with Gasteiger partial charge in [0, 0.05) is 11.6 Å². The predicted octanol–water partition coefficient (Wildman–Crippen LogP) is 2.61. The molecule has 1 aliphatic rings. The highest BCUT2D eigenvalue weighted by Gasteiger charge is 2.52. The molecule has 0 aromatic heterocycles. The Kier molecular flexibility index (Phi) is 5.39. The third-order valence-electron chi connectivity index (χ3n) is 3.75. The molecule has 24 heavy (non-hydrogen) atoms. The number of carboxylic acid groups (broad SMARTS) is 1. The first-order valence-electron chi connectivity index (χ1n) is 7.12. The van der Waals surface area contributed by atoms with Gasteiger partial charge in [-0.1, -0.05) is 11.6 Å². The molecule has 1 saturated carbocycles. The van der Waals surface area contributed by atoms with Crippen LogP contribution in [-0.4, -0.2) is 36.7 Å². The Morgan fingerprint density at radius 2 is 2.00 bits per heavy atom. The second-order valence-electron chi connectivity index (χ2n) is 5.48. The molecule has 0 unspecified atom stereocenters. The fourth-order valence-corrected chi connectivity index (χ4v) is 2.68. The smallest absolute Gasteiger partial charge is 0.416 e. The maximum Gasteiger partial charge on any atom is 0.416 e. The van der Waals surface area contributed by atoms with E-state index < -0.39 is 35.6 Å². The van der Waals surface area contributed by atoms with Gasteiger partial charge in [-0.2, -0.15) is 13.2 Å². The number of ether oxygens (including phenoxy) is 1. The maximum atomic E-state index is 12.9. The highest BCUT2D eigenvalue weighted by atomic mass is 35.5. The number of amides is 1. The number of halogens is 4. The van der Waals surface area contributed by atoms with Gasteiger partial charge in [-0.25, -0.2) is 4.79 Å². The van der Waals surface area contributed by atoms with E-state index >= 15 is 0 Å². The predicted molar refractivity (Wildman–Crippen MR) is 78.8 cm³/mol. The molecular weight excluding hydrogens is 351 g/mol. The van der Waals surface area contributed by atoms with E-state index in [1.54, 1.807) is 0 Å². The van der Waals surface area contributed by atoms with Gasteiger partial charge in [0.2, 0.25) is 5.91 Å². The molecule has 0 heterocycles. The van der Waals surface area contributed by atoms with E-state index in [1.165, 1.54) is 0 Å². The fourth-order valence-electron chi connectivity index (χ4n) is 2.38. The normalized spacial score (nSPS) is 15.8. The summed E-state index contributed by atoms with van der Waals surface area (Å²) in [4.78, 5) is 22.6. The summed E-state index contributed by atoms with van der Waals surface area (Å²) < 4.78 is 43.3. The number of hydrogen-bond acceptors (Lipinski definition) is 3. The number of carboxylic acids is 1. The molecule has 1 amide bonds. The van der Waals surface area contributed by atoms with Crippen molar-refractivity contribution in [1.82, 2.24) is 5.32 Å². The number of alkyl halides is 3. The second-order valence-corrected chi connectivity index (χ2v) is 5.88. The van der Waals surface area contributed by atoms with Crippen LogP contribution < -0.4 is 5.32 Å². The van der Waals surface area contributed by atoms with Gasteiger partial charge in [0.1, 0.15) is 6.61 Å². The van der Waals surface area contributed by atoms with Crippen LogP contribution in [0.1, 0.15) is 24.0 Å². The van der Waals surface area contributed by atoms with Crippen molar-refractivity contribution in [3.05, 3.63) is 34.3 Å². The summed E-state index contributed by atoms with van der Waals surface area (Å²) in [6.45, 7) is -0.435. The molecule has 1 aromatic carbocycles.